The molecule has 0 saturated carbocycles. The molecule has 0 bridgehead atoms. The van der Waals surface area contributed by atoms with Gasteiger partial charge in [0.05, 0.1) is 46.5 Å². The number of carbonyl (C=O) groups is 1. The number of anilines is 1. The third kappa shape index (κ3) is 4.85. The first-order chi connectivity index (χ1) is 14.3. The third-order valence-corrected chi connectivity index (χ3v) is 4.80. The van der Waals surface area contributed by atoms with Gasteiger partial charge in [0.15, 0.2) is 5.65 Å². The number of fused-ring (bicyclic) bond motifs is 1. The Morgan fingerprint density at radius 2 is 2.03 bits per heavy atom. The van der Waals surface area contributed by atoms with Crippen LogP contribution >= 0.6 is 11.6 Å². The highest BCUT2D eigenvalue weighted by Gasteiger charge is 2.19. The monoisotopic (exact) mass is 434 g/mol. The number of aliphatic hydroxyl groups is 1. The van der Waals surface area contributed by atoms with Gasteiger partial charge in [-0.3, -0.25) is 9.78 Å². The predicted molar refractivity (Wildman–Crippen MR) is 113 cm³/mol. The second-order valence-electron chi connectivity index (χ2n) is 7.41. The Kier molecular flexibility index (Phi) is 6.84. The van der Waals surface area contributed by atoms with Gasteiger partial charge in [-0.2, -0.15) is 5.10 Å². The van der Waals surface area contributed by atoms with Crippen LogP contribution in [0, 0.1) is 5.92 Å². The van der Waals surface area contributed by atoms with Crippen molar-refractivity contribution in [3.63, 3.8) is 0 Å². The summed E-state index contributed by atoms with van der Waals surface area (Å²) in [7, 11) is 0. The number of nitrogens with one attached hydrogen (secondary N) is 2. The summed E-state index contributed by atoms with van der Waals surface area (Å²) in [6, 6.07) is 1.38. The Labute approximate surface area is 178 Å². The van der Waals surface area contributed by atoms with Crippen molar-refractivity contribution in [2.24, 2.45) is 5.92 Å². The van der Waals surface area contributed by atoms with Crippen LogP contribution in [0.2, 0.25) is 5.02 Å². The van der Waals surface area contributed by atoms with E-state index in [1.807, 2.05) is 0 Å². The number of halogens is 2. The number of aromatic nitrogens is 4. The number of hydrogen-bond donors (Lipinski definition) is 3. The lowest BCUT2D eigenvalue weighted by atomic mass is 10.1. The summed E-state index contributed by atoms with van der Waals surface area (Å²) < 4.78 is 15.4. The number of rotatable bonds is 8. The maximum absolute atomic E-state index is 13.9. The molecule has 1 amide bonds. The summed E-state index contributed by atoms with van der Waals surface area (Å²) in [6.45, 7) is 5.06. The molecule has 3 N–H and O–H groups in total. The molecule has 160 valence electrons. The summed E-state index contributed by atoms with van der Waals surface area (Å²) in [5, 5.41) is 19.8. The average molecular weight is 435 g/mol. The fraction of sp³-hybridized carbons (Fsp3) is 0.400. The minimum absolute atomic E-state index is 0.0913. The van der Waals surface area contributed by atoms with Gasteiger partial charge in [0.25, 0.3) is 5.91 Å². The first kappa shape index (κ1) is 21.9. The van der Waals surface area contributed by atoms with Crippen LogP contribution in [-0.4, -0.2) is 56.0 Å². The van der Waals surface area contributed by atoms with E-state index in [4.69, 9.17) is 11.6 Å². The van der Waals surface area contributed by atoms with Gasteiger partial charge in [0.1, 0.15) is 6.17 Å². The molecule has 0 saturated heterocycles. The molecule has 30 heavy (non-hydrogen) atoms. The molecule has 3 aromatic rings. The maximum Gasteiger partial charge on any atom is 0.255 e. The Morgan fingerprint density at radius 1 is 1.27 bits per heavy atom. The molecule has 8 nitrogen and oxygen atoms in total. The minimum Gasteiger partial charge on any atom is -0.394 e. The van der Waals surface area contributed by atoms with Crippen LogP contribution < -0.4 is 10.6 Å². The second-order valence-corrected chi connectivity index (χ2v) is 7.85. The Hall–Kier alpha value is -2.78. The average Bonchev–Trinajstić information content (AvgIpc) is 3.14. The van der Waals surface area contributed by atoms with Gasteiger partial charge < -0.3 is 15.7 Å². The predicted octanol–water partition coefficient (Wildman–Crippen LogP) is 2.96. The molecule has 0 radical (unpaired) electrons. The Balaban J connectivity index is 1.95. The van der Waals surface area contributed by atoms with Crippen molar-refractivity contribution in [2.45, 2.75) is 33.0 Å². The summed E-state index contributed by atoms with van der Waals surface area (Å²) >= 11 is 5.96. The third-order valence-electron chi connectivity index (χ3n) is 4.61. The molecule has 3 aromatic heterocycles. The number of amides is 1. The zero-order chi connectivity index (χ0) is 21.8. The first-order valence-corrected chi connectivity index (χ1v) is 9.97. The van der Waals surface area contributed by atoms with Crippen LogP contribution in [-0.2, 0) is 0 Å². The number of nitrogens with zero attached hydrogens (tertiary/aromatic N) is 4. The van der Waals surface area contributed by atoms with E-state index in [0.29, 0.717) is 27.6 Å². The highest BCUT2D eigenvalue weighted by Crippen LogP contribution is 2.27. The van der Waals surface area contributed by atoms with Crippen LogP contribution in [0.4, 0.5) is 10.1 Å². The smallest absolute Gasteiger partial charge is 0.255 e. The Morgan fingerprint density at radius 3 is 2.73 bits per heavy atom. The maximum atomic E-state index is 13.9. The fourth-order valence-corrected chi connectivity index (χ4v) is 2.91. The summed E-state index contributed by atoms with van der Waals surface area (Å²) in [6.07, 6.45) is 5.02. The van der Waals surface area contributed by atoms with Crippen molar-refractivity contribution in [1.82, 2.24) is 24.9 Å². The molecular weight excluding hydrogens is 411 g/mol. The quantitative estimate of drug-likeness (QED) is 0.503. The summed E-state index contributed by atoms with van der Waals surface area (Å²) in [4.78, 5) is 21.3. The molecule has 0 aliphatic heterocycles. The minimum atomic E-state index is -1.15. The van der Waals surface area contributed by atoms with E-state index >= 15 is 0 Å². The van der Waals surface area contributed by atoms with E-state index in [9.17, 15) is 14.3 Å². The fourth-order valence-electron chi connectivity index (χ4n) is 2.77. The van der Waals surface area contributed by atoms with Crippen LogP contribution in [0.25, 0.3) is 16.9 Å². The van der Waals surface area contributed by atoms with Crippen LogP contribution in [0.3, 0.4) is 0 Å². The van der Waals surface area contributed by atoms with Crippen molar-refractivity contribution >= 4 is 28.8 Å². The molecule has 3 rings (SSSR count). The van der Waals surface area contributed by atoms with E-state index in [1.165, 1.54) is 16.9 Å². The number of aliphatic hydroxyl groups excluding tert-OH is 1. The highest BCUT2D eigenvalue weighted by atomic mass is 35.5. The SMILES string of the molecule is CC(CO)Nc1cc(-c2cnn3cc(Cl)cnc23)ncc1C(=O)NCC(F)C(C)C. The van der Waals surface area contributed by atoms with E-state index in [2.05, 4.69) is 25.7 Å². The number of hydrogen-bond acceptors (Lipinski definition) is 6. The molecule has 0 fully saturated rings. The molecule has 0 spiro atoms. The first-order valence-electron chi connectivity index (χ1n) is 9.59. The van der Waals surface area contributed by atoms with Gasteiger partial charge in [-0.25, -0.2) is 13.9 Å². The Bertz CT molecular complexity index is 1040. The summed E-state index contributed by atoms with van der Waals surface area (Å²) in [5.74, 6) is -0.649. The number of carbonyl (C=O) groups excluding carboxylic acids is 1. The van der Waals surface area contributed by atoms with Crippen molar-refractivity contribution in [2.75, 3.05) is 18.5 Å². The summed E-state index contributed by atoms with van der Waals surface area (Å²) in [5.41, 5.74) is 2.47. The largest absolute Gasteiger partial charge is 0.394 e. The topological polar surface area (TPSA) is 104 Å². The molecule has 2 unspecified atom stereocenters. The zero-order valence-electron chi connectivity index (χ0n) is 16.9. The van der Waals surface area contributed by atoms with Gasteiger partial charge in [0.2, 0.25) is 0 Å². The highest BCUT2D eigenvalue weighted by molar-refractivity contribution is 6.30. The van der Waals surface area contributed by atoms with E-state index in [1.54, 1.807) is 39.2 Å². The van der Waals surface area contributed by atoms with Crippen LogP contribution in [0.5, 0.6) is 0 Å². The lowest BCUT2D eigenvalue weighted by molar-refractivity contribution is 0.0935. The van der Waals surface area contributed by atoms with Crippen molar-refractivity contribution in [3.05, 3.63) is 41.4 Å². The lowest BCUT2D eigenvalue weighted by Gasteiger charge is -2.18. The second kappa shape index (κ2) is 9.36. The van der Waals surface area contributed by atoms with E-state index in [-0.39, 0.29) is 30.7 Å². The molecule has 2 atom stereocenters. The molecule has 10 heteroatoms. The van der Waals surface area contributed by atoms with Crippen LogP contribution in [0.15, 0.2) is 30.9 Å². The molecular formula is C20H24ClFN6O2. The molecule has 0 aliphatic rings. The molecule has 0 aliphatic carbocycles. The lowest BCUT2D eigenvalue weighted by Crippen LogP contribution is -2.33. The van der Waals surface area contributed by atoms with Crippen molar-refractivity contribution < 1.29 is 14.3 Å². The van der Waals surface area contributed by atoms with Gasteiger partial charge in [-0.15, -0.1) is 0 Å². The van der Waals surface area contributed by atoms with Gasteiger partial charge >= 0.3 is 0 Å². The van der Waals surface area contributed by atoms with Crippen molar-refractivity contribution in [3.8, 4) is 11.3 Å². The molecule has 3 heterocycles. The van der Waals surface area contributed by atoms with Gasteiger partial charge in [-0.05, 0) is 18.9 Å². The van der Waals surface area contributed by atoms with E-state index in [0.717, 1.165) is 0 Å². The number of pyridine rings is 1. The van der Waals surface area contributed by atoms with Gasteiger partial charge in [-0.1, -0.05) is 25.4 Å². The van der Waals surface area contributed by atoms with Gasteiger partial charge in [0, 0.05) is 25.0 Å². The van der Waals surface area contributed by atoms with Crippen LogP contribution in [0.1, 0.15) is 31.1 Å². The van der Waals surface area contributed by atoms with Crippen molar-refractivity contribution in [1.29, 1.82) is 0 Å². The standard InChI is InChI=1S/C20H24ClFN6O2/c1-11(2)16(22)8-25-20(30)15-6-23-17(4-18(15)27-12(3)10-29)14-7-26-28-9-13(21)5-24-19(14)28/h4-7,9,11-12,16,29H,8,10H2,1-3H3,(H,23,27)(H,25,30). The van der Waals surface area contributed by atoms with E-state index < -0.39 is 12.1 Å². The molecule has 0 aromatic carbocycles. The zero-order valence-corrected chi connectivity index (χ0v) is 17.7. The number of alkyl halides is 1. The normalized spacial score (nSPS) is 13.4.